The Hall–Kier alpha value is -0.220. The van der Waals surface area contributed by atoms with Crippen LogP contribution in [0.25, 0.3) is 0 Å². The van der Waals surface area contributed by atoms with Crippen molar-refractivity contribution in [1.29, 1.82) is 0 Å². The molecule has 0 spiro atoms. The molecule has 0 bridgehead atoms. The Kier molecular flexibility index (Phi) is 3.62. The largest absolute Gasteiger partial charge is 0.480 e. The van der Waals surface area contributed by atoms with Crippen molar-refractivity contribution < 1.29 is 9.90 Å². The molecule has 0 saturated carbocycles. The van der Waals surface area contributed by atoms with Crippen LogP contribution in [0.1, 0.15) is 20.3 Å². The van der Waals surface area contributed by atoms with Crippen LogP contribution < -0.4 is 0 Å². The highest BCUT2D eigenvalue weighted by Gasteiger charge is 2.31. The van der Waals surface area contributed by atoms with Crippen LogP contribution in [-0.2, 0) is 4.79 Å². The number of carboxylic acids is 1. The van der Waals surface area contributed by atoms with Gasteiger partial charge in [0.05, 0.1) is 0 Å². The van der Waals surface area contributed by atoms with E-state index in [1.807, 2.05) is 23.7 Å². The summed E-state index contributed by atoms with van der Waals surface area (Å²) in [5, 5.41) is 9.41. The van der Waals surface area contributed by atoms with Gasteiger partial charge in [-0.1, -0.05) is 6.92 Å². The van der Waals surface area contributed by atoms with Gasteiger partial charge in [0.15, 0.2) is 0 Å². The van der Waals surface area contributed by atoms with Crippen LogP contribution in [0.15, 0.2) is 0 Å². The maximum absolute atomic E-state index is 10.8. The topological polar surface area (TPSA) is 40.5 Å². The Morgan fingerprint density at radius 3 is 2.69 bits per heavy atom. The highest BCUT2D eigenvalue weighted by atomic mass is 32.2. The predicted molar refractivity (Wildman–Crippen MR) is 55.2 cm³/mol. The number of nitrogens with zero attached hydrogens (tertiary/aromatic N) is 1. The Morgan fingerprint density at radius 2 is 2.31 bits per heavy atom. The zero-order chi connectivity index (χ0) is 10.0. The van der Waals surface area contributed by atoms with Crippen LogP contribution in [0, 0.1) is 0 Å². The molecule has 1 rings (SSSR count). The lowest BCUT2D eigenvalue weighted by Crippen LogP contribution is -2.45. The molecule has 0 amide bonds. The number of hydrogen-bond acceptors (Lipinski definition) is 3. The van der Waals surface area contributed by atoms with E-state index in [2.05, 4.69) is 6.92 Å². The molecule has 1 aliphatic rings. The van der Waals surface area contributed by atoms with Gasteiger partial charge in [0.2, 0.25) is 0 Å². The van der Waals surface area contributed by atoms with Crippen LogP contribution >= 0.6 is 11.8 Å². The second kappa shape index (κ2) is 4.33. The number of carboxylic acid groups (broad SMARTS) is 1. The highest BCUT2D eigenvalue weighted by Crippen LogP contribution is 2.30. The number of carbonyl (C=O) groups is 1. The van der Waals surface area contributed by atoms with Crippen LogP contribution in [0.4, 0.5) is 0 Å². The molecule has 4 heteroatoms. The van der Waals surface area contributed by atoms with Crippen LogP contribution in [-0.4, -0.2) is 46.1 Å². The molecule has 1 N–H and O–H groups in total. The average molecular weight is 203 g/mol. The smallest absolute Gasteiger partial charge is 0.320 e. The molecular formula is C9H17NO2S. The summed E-state index contributed by atoms with van der Waals surface area (Å²) in [5.41, 5.74) is 0. The second-order valence-corrected chi connectivity index (χ2v) is 5.10. The summed E-state index contributed by atoms with van der Waals surface area (Å²) in [6, 6.07) is 0.0576. The fourth-order valence-corrected chi connectivity index (χ4v) is 3.02. The Bertz CT molecular complexity index is 198. The summed E-state index contributed by atoms with van der Waals surface area (Å²) >= 11 is 1.93. The number of aliphatic carboxylic acids is 1. The summed E-state index contributed by atoms with van der Waals surface area (Å²) in [5.74, 6) is 0.425. The molecule has 0 aliphatic carbocycles. The van der Waals surface area contributed by atoms with Gasteiger partial charge in [0.25, 0.3) is 0 Å². The van der Waals surface area contributed by atoms with Crippen molar-refractivity contribution in [3.05, 3.63) is 0 Å². The average Bonchev–Trinajstić information content (AvgIpc) is 2.48. The van der Waals surface area contributed by atoms with Gasteiger partial charge in [0, 0.05) is 11.3 Å². The van der Waals surface area contributed by atoms with E-state index in [0.717, 1.165) is 12.2 Å². The lowest BCUT2D eigenvalue weighted by atomic mass is 10.1. The van der Waals surface area contributed by atoms with Gasteiger partial charge in [-0.05, 0) is 26.1 Å². The molecule has 1 saturated heterocycles. The van der Waals surface area contributed by atoms with Gasteiger partial charge in [-0.15, -0.1) is 0 Å². The number of rotatable bonds is 3. The summed E-state index contributed by atoms with van der Waals surface area (Å²) in [6.07, 6.45) is 1.11. The molecule has 13 heavy (non-hydrogen) atoms. The molecule has 3 atom stereocenters. The first-order valence-corrected chi connectivity index (χ1v) is 5.65. The van der Waals surface area contributed by atoms with Gasteiger partial charge in [-0.25, -0.2) is 0 Å². The van der Waals surface area contributed by atoms with Crippen molar-refractivity contribution in [2.75, 3.05) is 12.8 Å². The number of hydrogen-bond donors (Lipinski definition) is 1. The molecular weight excluding hydrogens is 186 g/mol. The number of thioether (sulfide) groups is 1. The second-order valence-electron chi connectivity index (χ2n) is 3.61. The quantitative estimate of drug-likeness (QED) is 0.750. The molecule has 3 unspecified atom stereocenters. The van der Waals surface area contributed by atoms with Crippen molar-refractivity contribution in [2.24, 2.45) is 0 Å². The third kappa shape index (κ3) is 2.38. The summed E-state index contributed by atoms with van der Waals surface area (Å²) in [7, 11) is 1.91. The molecule has 1 heterocycles. The van der Waals surface area contributed by atoms with E-state index in [0.29, 0.717) is 11.3 Å². The first-order valence-electron chi connectivity index (χ1n) is 4.60. The molecule has 0 radical (unpaired) electrons. The Labute approximate surface area is 83.5 Å². The predicted octanol–water partition coefficient (Wildman–Crippen LogP) is 1.29. The Morgan fingerprint density at radius 1 is 1.69 bits per heavy atom. The zero-order valence-electron chi connectivity index (χ0n) is 8.36. The third-order valence-electron chi connectivity index (χ3n) is 2.83. The normalized spacial score (nSPS) is 30.8. The summed E-state index contributed by atoms with van der Waals surface area (Å²) < 4.78 is 0. The van der Waals surface area contributed by atoms with Crippen LogP contribution in [0.5, 0.6) is 0 Å². The van der Waals surface area contributed by atoms with E-state index in [1.54, 1.807) is 6.92 Å². The number of likely N-dealkylation sites (N-methyl/N-ethyl adjacent to an activating group) is 1. The van der Waals surface area contributed by atoms with Gasteiger partial charge >= 0.3 is 5.97 Å². The van der Waals surface area contributed by atoms with Crippen molar-refractivity contribution >= 4 is 17.7 Å². The molecule has 76 valence electrons. The standard InChI is InChI=1S/C9H17NO2S/c1-6(9(11)12)10(3)8-4-5-13-7(8)2/h6-8H,4-5H2,1-3H3,(H,11,12). The third-order valence-corrected chi connectivity index (χ3v) is 4.14. The molecule has 0 aromatic carbocycles. The van der Waals surface area contributed by atoms with Gasteiger partial charge in [-0.3, -0.25) is 9.69 Å². The van der Waals surface area contributed by atoms with E-state index in [4.69, 9.17) is 5.11 Å². The maximum Gasteiger partial charge on any atom is 0.320 e. The highest BCUT2D eigenvalue weighted by molar-refractivity contribution is 8.00. The molecule has 1 fully saturated rings. The molecule has 0 aromatic heterocycles. The van der Waals surface area contributed by atoms with E-state index in [-0.39, 0.29) is 6.04 Å². The minimum absolute atomic E-state index is 0.369. The Balaban J connectivity index is 2.55. The van der Waals surface area contributed by atoms with Gasteiger partial charge in [-0.2, -0.15) is 11.8 Å². The fourth-order valence-electron chi connectivity index (χ4n) is 1.72. The summed E-state index contributed by atoms with van der Waals surface area (Å²) in [6.45, 7) is 3.92. The van der Waals surface area contributed by atoms with E-state index >= 15 is 0 Å². The molecule has 1 aliphatic heterocycles. The van der Waals surface area contributed by atoms with Gasteiger partial charge in [0.1, 0.15) is 6.04 Å². The van der Waals surface area contributed by atoms with Crippen LogP contribution in [0.3, 0.4) is 0 Å². The minimum Gasteiger partial charge on any atom is -0.480 e. The van der Waals surface area contributed by atoms with E-state index < -0.39 is 5.97 Å². The van der Waals surface area contributed by atoms with E-state index in [1.165, 1.54) is 0 Å². The fraction of sp³-hybridized carbons (Fsp3) is 0.889. The monoisotopic (exact) mass is 203 g/mol. The van der Waals surface area contributed by atoms with Crippen LogP contribution in [0.2, 0.25) is 0 Å². The van der Waals surface area contributed by atoms with Crippen molar-refractivity contribution in [3.8, 4) is 0 Å². The summed E-state index contributed by atoms with van der Waals surface area (Å²) in [4.78, 5) is 12.7. The molecule has 0 aromatic rings. The SMILES string of the molecule is CC1SCCC1N(C)C(C)C(=O)O. The molecule has 3 nitrogen and oxygen atoms in total. The van der Waals surface area contributed by atoms with Gasteiger partial charge < -0.3 is 5.11 Å². The van der Waals surface area contributed by atoms with Crippen molar-refractivity contribution in [1.82, 2.24) is 4.90 Å². The van der Waals surface area contributed by atoms with Crippen molar-refractivity contribution in [3.63, 3.8) is 0 Å². The maximum atomic E-state index is 10.8. The lowest BCUT2D eigenvalue weighted by Gasteiger charge is -2.30. The van der Waals surface area contributed by atoms with E-state index in [9.17, 15) is 4.79 Å². The van der Waals surface area contributed by atoms with Crippen molar-refractivity contribution in [2.45, 2.75) is 37.6 Å². The minimum atomic E-state index is -0.730. The zero-order valence-corrected chi connectivity index (χ0v) is 9.17. The first kappa shape index (κ1) is 10.9. The lowest BCUT2D eigenvalue weighted by molar-refractivity contribution is -0.142. The first-order chi connectivity index (χ1) is 6.04.